The van der Waals surface area contributed by atoms with E-state index in [1.807, 2.05) is 13.8 Å². The van der Waals surface area contributed by atoms with Crippen molar-refractivity contribution in [1.29, 1.82) is 0 Å². The number of rotatable bonds is 9. The zero-order chi connectivity index (χ0) is 24.8. The zero-order valence-electron chi connectivity index (χ0n) is 18.8. The number of phenols is 2. The van der Waals surface area contributed by atoms with Gasteiger partial charge in [-0.3, -0.25) is 14.8 Å². The first-order chi connectivity index (χ1) is 16.2. The predicted molar refractivity (Wildman–Crippen MR) is 123 cm³/mol. The highest BCUT2D eigenvalue weighted by molar-refractivity contribution is 5.94. The summed E-state index contributed by atoms with van der Waals surface area (Å²) in [5.74, 6) is -0.925. The highest BCUT2D eigenvalue weighted by Gasteiger charge is 2.19. The quantitative estimate of drug-likeness (QED) is 0.158. The molecule has 0 spiro atoms. The molecule has 3 rings (SSSR count). The van der Waals surface area contributed by atoms with Gasteiger partial charge in [-0.2, -0.15) is 5.10 Å². The summed E-state index contributed by atoms with van der Waals surface area (Å²) in [4.78, 5) is 35.8. The molecular formula is C23H27N5O6. The van der Waals surface area contributed by atoms with Crippen molar-refractivity contribution >= 4 is 11.8 Å². The second-order valence-electron chi connectivity index (χ2n) is 8.07. The van der Waals surface area contributed by atoms with Crippen LogP contribution in [0.3, 0.4) is 0 Å². The molecule has 0 unspecified atom stereocenters. The molecule has 0 saturated carbocycles. The van der Waals surface area contributed by atoms with Crippen LogP contribution in [0.25, 0.3) is 17.1 Å². The Morgan fingerprint density at radius 3 is 2.44 bits per heavy atom. The van der Waals surface area contributed by atoms with Crippen LogP contribution in [0.5, 0.6) is 11.5 Å². The smallest absolute Gasteiger partial charge is 0.348 e. The highest BCUT2D eigenvalue weighted by Crippen LogP contribution is 2.37. The van der Waals surface area contributed by atoms with Gasteiger partial charge in [0.05, 0.1) is 11.3 Å². The number of hydrogen-bond donors (Lipinski definition) is 6. The fraction of sp³-hybridized carbons (Fsp3) is 0.304. The van der Waals surface area contributed by atoms with E-state index in [-0.39, 0.29) is 41.1 Å². The van der Waals surface area contributed by atoms with Gasteiger partial charge < -0.3 is 15.5 Å². The molecule has 180 valence electrons. The van der Waals surface area contributed by atoms with Crippen LogP contribution in [0.2, 0.25) is 0 Å². The molecule has 0 radical (unpaired) electrons. The van der Waals surface area contributed by atoms with E-state index < -0.39 is 11.6 Å². The average Bonchev–Trinajstić information content (AvgIpc) is 3.19. The average molecular weight is 469 g/mol. The number of unbranched alkanes of at least 4 members (excludes halogenated alkanes) is 1. The van der Waals surface area contributed by atoms with Crippen LogP contribution in [-0.2, 0) is 4.79 Å². The number of carbonyl (C=O) groups excluding carboxylic acids is 2. The third-order valence-corrected chi connectivity index (χ3v) is 5.31. The Bertz CT molecular complexity index is 1230. The van der Waals surface area contributed by atoms with E-state index in [2.05, 4.69) is 15.5 Å². The molecule has 34 heavy (non-hydrogen) atoms. The van der Waals surface area contributed by atoms with Crippen molar-refractivity contribution in [2.75, 3.05) is 6.54 Å². The normalized spacial score (nSPS) is 10.9. The maximum absolute atomic E-state index is 12.5. The predicted octanol–water partition coefficient (Wildman–Crippen LogP) is 2.17. The van der Waals surface area contributed by atoms with Gasteiger partial charge in [-0.05, 0) is 54.7 Å². The van der Waals surface area contributed by atoms with E-state index in [0.717, 1.165) is 0 Å². The molecule has 0 aliphatic carbocycles. The number of nitrogens with zero attached hydrogens (tertiary/aromatic N) is 2. The van der Waals surface area contributed by atoms with E-state index in [1.165, 1.54) is 10.6 Å². The molecule has 11 nitrogen and oxygen atoms in total. The minimum absolute atomic E-state index is 0.0249. The number of H-pyrrole nitrogens is 1. The molecule has 0 atom stereocenters. The van der Waals surface area contributed by atoms with Gasteiger partial charge >= 0.3 is 5.69 Å². The molecule has 6 N–H and O–H groups in total. The number of aromatic hydroxyl groups is 2. The summed E-state index contributed by atoms with van der Waals surface area (Å²) < 4.78 is 1.27. The molecule has 0 saturated heterocycles. The van der Waals surface area contributed by atoms with Gasteiger partial charge in [-0.15, -0.1) is 0 Å². The lowest BCUT2D eigenvalue weighted by Gasteiger charge is -2.13. The van der Waals surface area contributed by atoms with Gasteiger partial charge in [0, 0.05) is 24.6 Å². The number of benzene rings is 2. The Kier molecular flexibility index (Phi) is 7.69. The molecule has 0 aliphatic heterocycles. The number of aromatic nitrogens is 3. The largest absolute Gasteiger partial charge is 0.508 e. The summed E-state index contributed by atoms with van der Waals surface area (Å²) in [6.07, 6.45) is 1.25. The molecule has 0 bridgehead atoms. The van der Waals surface area contributed by atoms with Crippen LogP contribution in [0.15, 0.2) is 41.2 Å². The number of phenolic OH excluding ortho intramolecular Hbond substituents is 2. The van der Waals surface area contributed by atoms with Crippen LogP contribution in [0.4, 0.5) is 0 Å². The Morgan fingerprint density at radius 2 is 1.79 bits per heavy atom. The molecule has 3 aromatic rings. The SMILES string of the molecule is CC(C)c1cc(-c2n[nH]c(=O)n2-c2ccc(C(=O)NCCCCC(=O)NO)cc2)c(O)cc1O. The van der Waals surface area contributed by atoms with Crippen molar-refractivity contribution in [3.63, 3.8) is 0 Å². The van der Waals surface area contributed by atoms with Crippen molar-refractivity contribution in [1.82, 2.24) is 25.6 Å². The minimum Gasteiger partial charge on any atom is -0.508 e. The van der Waals surface area contributed by atoms with E-state index in [1.54, 1.807) is 35.8 Å². The van der Waals surface area contributed by atoms with Gasteiger partial charge in [0.2, 0.25) is 5.91 Å². The van der Waals surface area contributed by atoms with Crippen LogP contribution in [0, 0.1) is 0 Å². The third kappa shape index (κ3) is 5.44. The first-order valence-electron chi connectivity index (χ1n) is 10.8. The number of amides is 2. The molecule has 0 fully saturated rings. The summed E-state index contributed by atoms with van der Waals surface area (Å²) in [6, 6.07) is 9.10. The van der Waals surface area contributed by atoms with Crippen LogP contribution >= 0.6 is 0 Å². The second-order valence-corrected chi connectivity index (χ2v) is 8.07. The summed E-state index contributed by atoms with van der Waals surface area (Å²) in [5, 5.41) is 38.1. The summed E-state index contributed by atoms with van der Waals surface area (Å²) >= 11 is 0. The Balaban J connectivity index is 1.78. The molecule has 2 aromatic carbocycles. The molecule has 2 amide bonds. The lowest BCUT2D eigenvalue weighted by atomic mass is 9.98. The molecular weight excluding hydrogens is 442 g/mol. The number of carbonyl (C=O) groups is 2. The standard InChI is InChI=1S/C23H27N5O6/c1-13(2)16-11-17(19(30)12-18(16)29)21-25-26-23(33)28(21)15-8-6-14(7-9-15)22(32)24-10-4-3-5-20(31)27-34/h6-9,11-13,29-30,34H,3-5,10H2,1-2H3,(H,24,32)(H,26,33)(H,27,31). The lowest BCUT2D eigenvalue weighted by molar-refractivity contribution is -0.129. The maximum atomic E-state index is 12.5. The maximum Gasteiger partial charge on any atom is 0.348 e. The number of nitrogens with one attached hydrogen (secondary N) is 3. The Morgan fingerprint density at radius 1 is 1.09 bits per heavy atom. The van der Waals surface area contributed by atoms with Crippen LogP contribution < -0.4 is 16.5 Å². The van der Waals surface area contributed by atoms with Gasteiger partial charge in [0.25, 0.3) is 5.91 Å². The Labute approximate surface area is 195 Å². The minimum atomic E-state index is -0.530. The van der Waals surface area contributed by atoms with E-state index in [0.29, 0.717) is 36.2 Å². The fourth-order valence-electron chi connectivity index (χ4n) is 3.48. The zero-order valence-corrected chi connectivity index (χ0v) is 18.8. The van der Waals surface area contributed by atoms with Crippen molar-refractivity contribution in [2.24, 2.45) is 0 Å². The first-order valence-corrected chi connectivity index (χ1v) is 10.8. The molecule has 1 aromatic heterocycles. The highest BCUT2D eigenvalue weighted by atomic mass is 16.5. The van der Waals surface area contributed by atoms with E-state index in [9.17, 15) is 24.6 Å². The fourth-order valence-corrected chi connectivity index (χ4v) is 3.48. The summed E-state index contributed by atoms with van der Waals surface area (Å²) in [5.41, 5.74) is 2.71. The van der Waals surface area contributed by atoms with E-state index >= 15 is 0 Å². The Hall–Kier alpha value is -4.12. The summed E-state index contributed by atoms with van der Waals surface area (Å²) in [7, 11) is 0. The lowest BCUT2D eigenvalue weighted by Crippen LogP contribution is -2.25. The molecule has 0 aliphatic rings. The molecule has 11 heteroatoms. The van der Waals surface area contributed by atoms with Crippen LogP contribution in [0.1, 0.15) is 54.9 Å². The van der Waals surface area contributed by atoms with Crippen molar-refractivity contribution < 1.29 is 25.0 Å². The van der Waals surface area contributed by atoms with Gasteiger partial charge in [-0.1, -0.05) is 13.8 Å². The monoisotopic (exact) mass is 469 g/mol. The van der Waals surface area contributed by atoms with E-state index in [4.69, 9.17) is 5.21 Å². The number of hydroxylamine groups is 1. The topological polar surface area (TPSA) is 170 Å². The number of hydrogen-bond acceptors (Lipinski definition) is 7. The van der Waals surface area contributed by atoms with Crippen molar-refractivity contribution in [3.05, 3.63) is 58.0 Å². The summed E-state index contributed by atoms with van der Waals surface area (Å²) in [6.45, 7) is 4.15. The van der Waals surface area contributed by atoms with Crippen LogP contribution in [-0.4, -0.2) is 48.5 Å². The van der Waals surface area contributed by atoms with Gasteiger partial charge in [0.15, 0.2) is 5.82 Å². The first kappa shape index (κ1) is 24.5. The molecule has 1 heterocycles. The third-order valence-electron chi connectivity index (χ3n) is 5.31. The number of aromatic amines is 1. The van der Waals surface area contributed by atoms with Crippen molar-refractivity contribution in [2.45, 2.75) is 39.0 Å². The second kappa shape index (κ2) is 10.7. The van der Waals surface area contributed by atoms with Crippen molar-refractivity contribution in [3.8, 4) is 28.6 Å². The van der Waals surface area contributed by atoms with Gasteiger partial charge in [0.1, 0.15) is 11.5 Å². The van der Waals surface area contributed by atoms with Gasteiger partial charge in [-0.25, -0.2) is 19.9 Å².